The summed E-state index contributed by atoms with van der Waals surface area (Å²) in [6.45, 7) is 0. The van der Waals surface area contributed by atoms with Crippen molar-refractivity contribution in [3.63, 3.8) is 0 Å². The maximum atomic E-state index is 2.36. The molecule has 0 aromatic heterocycles. The van der Waals surface area contributed by atoms with Crippen LogP contribution in [-0.4, -0.2) is 15.0 Å². The number of hydrogen-bond donors (Lipinski definition) is 0. The molecule has 3 aromatic carbocycles. The second kappa shape index (κ2) is 8.53. The molecule has 1 heteroatoms. The average molecular weight is 363 g/mol. The molecule has 0 nitrogen and oxygen atoms in total. The Morgan fingerprint density at radius 2 is 1.26 bits per heavy atom. The van der Waals surface area contributed by atoms with Crippen molar-refractivity contribution in [2.75, 3.05) is 0 Å². The van der Waals surface area contributed by atoms with Crippen LogP contribution >= 0.6 is 0 Å². The molecule has 3 rings (SSSR count). The third-order valence-corrected chi connectivity index (χ3v) is 6.09. The van der Waals surface area contributed by atoms with E-state index in [9.17, 15) is 0 Å². The first-order valence-corrected chi connectivity index (χ1v) is 9.94. The fourth-order valence-corrected chi connectivity index (χ4v) is 4.61. The van der Waals surface area contributed by atoms with Gasteiger partial charge >= 0.3 is 145 Å². The Hall–Kier alpha value is -2.08. The predicted octanol–water partition coefficient (Wildman–Crippen LogP) is 4.93. The van der Waals surface area contributed by atoms with Gasteiger partial charge in [-0.25, -0.2) is 0 Å². The zero-order valence-corrected chi connectivity index (χ0v) is 14.7. The fourth-order valence-electron chi connectivity index (χ4n) is 2.46. The molecule has 0 radical (unpaired) electrons. The Bertz CT molecular complexity index is 718. The molecule has 0 bridgehead atoms. The molecule has 114 valence electrons. The molecular weight excluding hydrogens is 343 g/mol. The Morgan fingerprint density at radius 3 is 1.91 bits per heavy atom. The summed E-state index contributed by atoms with van der Waals surface area (Å²) < 4.78 is 1.47. The average Bonchev–Trinajstić information content (AvgIpc) is 2.64. The van der Waals surface area contributed by atoms with E-state index in [0.29, 0.717) is 20.9 Å². The third kappa shape index (κ3) is 4.96. The van der Waals surface area contributed by atoms with Crippen molar-refractivity contribution in [1.82, 2.24) is 0 Å². The fraction of sp³-hybridized carbons (Fsp3) is 0.0909. The van der Waals surface area contributed by atoms with Gasteiger partial charge in [-0.05, 0) is 0 Å². The second-order valence-corrected chi connectivity index (χ2v) is 7.71. The molecule has 1 unspecified atom stereocenters. The Kier molecular flexibility index (Phi) is 5.86. The zero-order valence-electron chi connectivity index (χ0n) is 13.0. The van der Waals surface area contributed by atoms with Crippen molar-refractivity contribution in [2.45, 2.75) is 11.2 Å². The molecular formula is C22H20Se. The van der Waals surface area contributed by atoms with Crippen LogP contribution in [0.3, 0.4) is 0 Å². The van der Waals surface area contributed by atoms with E-state index in [0.717, 1.165) is 0 Å². The van der Waals surface area contributed by atoms with Gasteiger partial charge in [0.2, 0.25) is 0 Å². The van der Waals surface area contributed by atoms with Crippen LogP contribution in [-0.2, 0) is 0 Å². The van der Waals surface area contributed by atoms with Gasteiger partial charge in [0, 0.05) is 0 Å². The van der Waals surface area contributed by atoms with Crippen molar-refractivity contribution in [2.24, 2.45) is 0 Å². The normalized spacial score (nSPS) is 12.3. The monoisotopic (exact) mass is 364 g/mol. The molecule has 0 saturated heterocycles. The second-order valence-electron chi connectivity index (χ2n) is 5.41. The van der Waals surface area contributed by atoms with Gasteiger partial charge < -0.3 is 0 Å². The molecule has 3 aromatic rings. The van der Waals surface area contributed by atoms with Crippen LogP contribution in [0.15, 0.2) is 97.1 Å². The molecule has 0 fully saturated rings. The first kappa shape index (κ1) is 15.8. The van der Waals surface area contributed by atoms with Crippen LogP contribution in [0.5, 0.6) is 0 Å². The first-order chi connectivity index (χ1) is 11.4. The van der Waals surface area contributed by atoms with Crippen molar-refractivity contribution in [3.8, 4) is 0 Å². The predicted molar refractivity (Wildman–Crippen MR) is 101 cm³/mol. The van der Waals surface area contributed by atoms with E-state index in [2.05, 4.69) is 103 Å². The van der Waals surface area contributed by atoms with Crippen LogP contribution in [0.1, 0.15) is 17.0 Å². The number of allylic oxidation sites excluding steroid dienone is 1. The van der Waals surface area contributed by atoms with Gasteiger partial charge in [0.25, 0.3) is 0 Å². The Balaban J connectivity index is 1.75. The molecule has 23 heavy (non-hydrogen) atoms. The van der Waals surface area contributed by atoms with Gasteiger partial charge in [0.15, 0.2) is 0 Å². The van der Waals surface area contributed by atoms with E-state index in [1.807, 2.05) is 0 Å². The molecule has 0 amide bonds. The summed E-state index contributed by atoms with van der Waals surface area (Å²) in [5.41, 5.74) is 2.66. The van der Waals surface area contributed by atoms with E-state index < -0.39 is 0 Å². The summed E-state index contributed by atoms with van der Waals surface area (Å²) >= 11 is 0.489. The Labute approximate surface area is 145 Å². The number of hydrogen-bond acceptors (Lipinski definition) is 0. The van der Waals surface area contributed by atoms with Gasteiger partial charge in [-0.1, -0.05) is 0 Å². The molecule has 0 spiro atoms. The van der Waals surface area contributed by atoms with Gasteiger partial charge in [-0.2, -0.15) is 0 Å². The summed E-state index contributed by atoms with van der Waals surface area (Å²) in [5.74, 6) is 0.469. The standard InChI is InChI=1S/C22H20Se/c1-4-10-19(11-5-1)16-17-21(20-12-6-2-7-13-20)18-23-22-14-8-3-9-15-22/h1-17,21H,18H2/b17-16+. The van der Waals surface area contributed by atoms with Gasteiger partial charge in [-0.15, -0.1) is 0 Å². The van der Waals surface area contributed by atoms with E-state index in [-0.39, 0.29) is 0 Å². The van der Waals surface area contributed by atoms with Crippen molar-refractivity contribution < 1.29 is 0 Å². The van der Waals surface area contributed by atoms with Gasteiger partial charge in [-0.3, -0.25) is 0 Å². The minimum atomic E-state index is 0.469. The molecule has 0 heterocycles. The summed E-state index contributed by atoms with van der Waals surface area (Å²) in [4.78, 5) is 0. The maximum absolute atomic E-state index is 2.36. The van der Waals surface area contributed by atoms with Crippen LogP contribution in [0.25, 0.3) is 6.08 Å². The zero-order chi connectivity index (χ0) is 15.7. The minimum absolute atomic E-state index is 0.469. The van der Waals surface area contributed by atoms with E-state index in [1.165, 1.54) is 20.9 Å². The molecule has 0 aliphatic carbocycles. The van der Waals surface area contributed by atoms with E-state index in [4.69, 9.17) is 0 Å². The van der Waals surface area contributed by atoms with E-state index >= 15 is 0 Å². The first-order valence-electron chi connectivity index (χ1n) is 7.88. The number of benzene rings is 3. The van der Waals surface area contributed by atoms with Crippen molar-refractivity contribution >= 4 is 25.5 Å². The van der Waals surface area contributed by atoms with E-state index in [1.54, 1.807) is 0 Å². The molecule has 0 N–H and O–H groups in total. The quantitative estimate of drug-likeness (QED) is 0.545. The summed E-state index contributed by atoms with van der Waals surface area (Å²) in [6, 6.07) is 32.2. The summed E-state index contributed by atoms with van der Waals surface area (Å²) in [7, 11) is 0. The molecule has 1 atom stereocenters. The topological polar surface area (TPSA) is 0 Å². The number of rotatable bonds is 6. The molecule has 0 saturated carbocycles. The third-order valence-electron chi connectivity index (χ3n) is 3.72. The SMILES string of the molecule is C(=C\C(C[Se]c1ccccc1)c1ccccc1)/c1ccccc1. The van der Waals surface area contributed by atoms with Crippen molar-refractivity contribution in [1.29, 1.82) is 0 Å². The summed E-state index contributed by atoms with van der Waals surface area (Å²) in [5, 5.41) is 1.18. The van der Waals surface area contributed by atoms with Crippen LogP contribution < -0.4 is 4.46 Å². The van der Waals surface area contributed by atoms with Crippen LogP contribution in [0.4, 0.5) is 0 Å². The van der Waals surface area contributed by atoms with Crippen molar-refractivity contribution in [3.05, 3.63) is 108 Å². The van der Waals surface area contributed by atoms with Crippen LogP contribution in [0, 0.1) is 0 Å². The van der Waals surface area contributed by atoms with Gasteiger partial charge in [0.05, 0.1) is 0 Å². The Morgan fingerprint density at radius 1 is 0.696 bits per heavy atom. The molecule has 0 aliphatic heterocycles. The molecule has 0 aliphatic rings. The van der Waals surface area contributed by atoms with Crippen LogP contribution in [0.2, 0.25) is 5.32 Å². The van der Waals surface area contributed by atoms with Gasteiger partial charge in [0.1, 0.15) is 0 Å². The summed E-state index contributed by atoms with van der Waals surface area (Å²) in [6.07, 6.45) is 4.61.